The van der Waals surface area contributed by atoms with Crippen molar-refractivity contribution in [3.05, 3.63) is 0 Å². The first-order valence-corrected chi connectivity index (χ1v) is 12.3. The Bertz CT molecular complexity index is 286. The maximum absolute atomic E-state index is 6.42. The van der Waals surface area contributed by atoms with Crippen molar-refractivity contribution in [1.82, 2.24) is 0 Å². The summed E-state index contributed by atoms with van der Waals surface area (Å²) in [5.74, 6) is 0.699. The van der Waals surface area contributed by atoms with E-state index in [0.29, 0.717) is 5.92 Å². The fraction of sp³-hybridized carbons (Fsp3) is 1.00. The molecule has 156 valence electrons. The average molecular weight is 367 g/mol. The molecule has 1 aliphatic rings. The molecule has 1 aliphatic carbocycles. The minimum absolute atomic E-state index is 0.232. The van der Waals surface area contributed by atoms with Gasteiger partial charge in [0.25, 0.3) is 0 Å². The predicted molar refractivity (Wildman–Crippen MR) is 117 cm³/mol. The smallest absolute Gasteiger partial charge is 0.0220 e. The van der Waals surface area contributed by atoms with E-state index in [1.54, 1.807) is 0 Å². The zero-order chi connectivity index (χ0) is 18.9. The number of nitrogens with two attached hydrogens (primary N) is 2. The lowest BCUT2D eigenvalue weighted by molar-refractivity contribution is 0.269. The van der Waals surface area contributed by atoms with Crippen LogP contribution in [-0.4, -0.2) is 12.1 Å². The van der Waals surface area contributed by atoms with Gasteiger partial charge in [-0.05, 0) is 25.2 Å². The van der Waals surface area contributed by atoms with Gasteiger partial charge in [-0.2, -0.15) is 0 Å². The third-order valence-corrected chi connectivity index (χ3v) is 6.58. The molecule has 0 spiro atoms. The number of unbranched alkanes of at least 4 members (excludes halogenated alkanes) is 13. The highest BCUT2D eigenvalue weighted by Gasteiger charge is 2.24. The second-order valence-electron chi connectivity index (χ2n) is 9.02. The maximum Gasteiger partial charge on any atom is 0.0220 e. The molecule has 2 atom stereocenters. The van der Waals surface area contributed by atoms with Gasteiger partial charge in [0.15, 0.2) is 0 Å². The van der Waals surface area contributed by atoms with Crippen molar-refractivity contribution in [1.29, 1.82) is 0 Å². The Morgan fingerprint density at radius 3 is 1.50 bits per heavy atom. The minimum atomic E-state index is 0.232. The second kappa shape index (κ2) is 17.0. The highest BCUT2D eigenvalue weighted by atomic mass is 14.8. The molecule has 0 amide bonds. The molecular weight excluding hydrogens is 316 g/mol. The maximum atomic E-state index is 6.42. The van der Waals surface area contributed by atoms with Crippen molar-refractivity contribution < 1.29 is 0 Å². The van der Waals surface area contributed by atoms with Crippen LogP contribution >= 0.6 is 0 Å². The summed E-state index contributed by atoms with van der Waals surface area (Å²) in [5.41, 5.74) is 12.8. The van der Waals surface area contributed by atoms with Gasteiger partial charge in [-0.1, -0.05) is 116 Å². The Balaban J connectivity index is 1.81. The predicted octanol–water partition coefficient (Wildman–Crippen LogP) is 7.09. The fourth-order valence-corrected chi connectivity index (χ4v) is 4.64. The first-order valence-electron chi connectivity index (χ1n) is 12.3. The summed E-state index contributed by atoms with van der Waals surface area (Å²) < 4.78 is 0. The van der Waals surface area contributed by atoms with Crippen LogP contribution in [0.1, 0.15) is 135 Å². The van der Waals surface area contributed by atoms with Crippen LogP contribution in [0.3, 0.4) is 0 Å². The van der Waals surface area contributed by atoms with E-state index in [1.165, 1.54) is 122 Å². The van der Waals surface area contributed by atoms with Crippen LogP contribution in [0.5, 0.6) is 0 Å². The molecule has 4 N–H and O–H groups in total. The van der Waals surface area contributed by atoms with E-state index in [0.717, 1.165) is 6.42 Å². The average Bonchev–Trinajstić information content (AvgIpc) is 2.68. The molecular formula is C24H50N2. The van der Waals surface area contributed by atoms with Crippen molar-refractivity contribution in [2.45, 2.75) is 147 Å². The van der Waals surface area contributed by atoms with E-state index in [9.17, 15) is 0 Å². The normalized spacial score (nSPS) is 18.1. The molecule has 0 bridgehead atoms. The van der Waals surface area contributed by atoms with Crippen LogP contribution in [0, 0.1) is 5.92 Å². The van der Waals surface area contributed by atoms with Crippen molar-refractivity contribution in [2.24, 2.45) is 17.4 Å². The topological polar surface area (TPSA) is 52.0 Å². The van der Waals surface area contributed by atoms with E-state index >= 15 is 0 Å². The molecule has 2 unspecified atom stereocenters. The lowest BCUT2D eigenvalue weighted by atomic mass is 9.80. The molecule has 0 radical (unpaired) electrons. The standard InChI is InChI=1S/C24H50N2/c1-2-3-4-5-6-7-8-9-10-11-12-13-14-18-21-23(25)24(26)22-19-16-15-17-20-22/h22-24H,2-21,25-26H2,1H3. The van der Waals surface area contributed by atoms with Crippen molar-refractivity contribution >= 4 is 0 Å². The summed E-state index contributed by atoms with van der Waals surface area (Å²) in [6.45, 7) is 2.29. The third kappa shape index (κ3) is 12.3. The molecule has 1 fully saturated rings. The molecule has 2 heteroatoms. The van der Waals surface area contributed by atoms with Crippen LogP contribution < -0.4 is 11.5 Å². The van der Waals surface area contributed by atoms with E-state index in [-0.39, 0.29) is 12.1 Å². The summed E-state index contributed by atoms with van der Waals surface area (Å²) in [7, 11) is 0. The van der Waals surface area contributed by atoms with E-state index in [4.69, 9.17) is 11.5 Å². The van der Waals surface area contributed by atoms with Gasteiger partial charge in [-0.3, -0.25) is 0 Å². The van der Waals surface area contributed by atoms with Crippen LogP contribution in [0.15, 0.2) is 0 Å². The summed E-state index contributed by atoms with van der Waals surface area (Å²) in [6.07, 6.45) is 27.7. The molecule has 0 saturated heterocycles. The first-order chi connectivity index (χ1) is 12.8. The van der Waals surface area contributed by atoms with Crippen molar-refractivity contribution in [2.75, 3.05) is 0 Å². The molecule has 1 rings (SSSR count). The van der Waals surface area contributed by atoms with Crippen molar-refractivity contribution in [3.63, 3.8) is 0 Å². The summed E-state index contributed by atoms with van der Waals surface area (Å²) in [4.78, 5) is 0. The molecule has 26 heavy (non-hydrogen) atoms. The number of rotatable bonds is 17. The molecule has 0 aromatic heterocycles. The number of hydrogen-bond acceptors (Lipinski definition) is 2. The van der Waals surface area contributed by atoms with Gasteiger partial charge < -0.3 is 11.5 Å². The monoisotopic (exact) mass is 366 g/mol. The molecule has 2 nitrogen and oxygen atoms in total. The Kier molecular flexibility index (Phi) is 15.7. The van der Waals surface area contributed by atoms with Crippen LogP contribution in [0.4, 0.5) is 0 Å². The van der Waals surface area contributed by atoms with Crippen molar-refractivity contribution in [3.8, 4) is 0 Å². The van der Waals surface area contributed by atoms with Gasteiger partial charge in [0.05, 0.1) is 0 Å². The third-order valence-electron chi connectivity index (χ3n) is 6.58. The van der Waals surface area contributed by atoms with Gasteiger partial charge in [-0.15, -0.1) is 0 Å². The molecule has 1 saturated carbocycles. The second-order valence-corrected chi connectivity index (χ2v) is 9.02. The lowest BCUT2D eigenvalue weighted by Gasteiger charge is -2.31. The lowest BCUT2D eigenvalue weighted by Crippen LogP contribution is -2.47. The summed E-state index contributed by atoms with van der Waals surface area (Å²) >= 11 is 0. The summed E-state index contributed by atoms with van der Waals surface area (Å²) in [6, 6.07) is 0.479. The van der Waals surface area contributed by atoms with E-state index in [2.05, 4.69) is 6.92 Å². The Morgan fingerprint density at radius 2 is 1.04 bits per heavy atom. The highest BCUT2D eigenvalue weighted by molar-refractivity contribution is 4.84. The quantitative estimate of drug-likeness (QED) is 0.270. The van der Waals surface area contributed by atoms with Crippen LogP contribution in [0.25, 0.3) is 0 Å². The Morgan fingerprint density at radius 1 is 0.615 bits per heavy atom. The van der Waals surface area contributed by atoms with Crippen LogP contribution in [0.2, 0.25) is 0 Å². The Labute approximate surface area is 165 Å². The highest BCUT2D eigenvalue weighted by Crippen LogP contribution is 2.27. The fourth-order valence-electron chi connectivity index (χ4n) is 4.64. The molecule has 0 aromatic carbocycles. The molecule has 0 aromatic rings. The van der Waals surface area contributed by atoms with Gasteiger partial charge >= 0.3 is 0 Å². The van der Waals surface area contributed by atoms with Gasteiger partial charge in [0.2, 0.25) is 0 Å². The van der Waals surface area contributed by atoms with E-state index in [1.807, 2.05) is 0 Å². The summed E-state index contributed by atoms with van der Waals surface area (Å²) in [5, 5.41) is 0. The zero-order valence-corrected chi connectivity index (χ0v) is 18.0. The zero-order valence-electron chi connectivity index (χ0n) is 18.0. The Hall–Kier alpha value is -0.0800. The molecule has 0 heterocycles. The van der Waals surface area contributed by atoms with Gasteiger partial charge in [0, 0.05) is 12.1 Å². The molecule has 0 aliphatic heterocycles. The largest absolute Gasteiger partial charge is 0.326 e. The van der Waals surface area contributed by atoms with E-state index < -0.39 is 0 Å². The SMILES string of the molecule is CCCCCCCCCCCCCCCCC(N)C(N)C1CCCCC1. The van der Waals surface area contributed by atoms with Gasteiger partial charge in [0.1, 0.15) is 0 Å². The van der Waals surface area contributed by atoms with Crippen LogP contribution in [-0.2, 0) is 0 Å². The number of hydrogen-bond donors (Lipinski definition) is 2. The van der Waals surface area contributed by atoms with Gasteiger partial charge in [-0.25, -0.2) is 0 Å². The minimum Gasteiger partial charge on any atom is -0.326 e. The first kappa shape index (κ1) is 24.0.